The Morgan fingerprint density at radius 1 is 1.07 bits per heavy atom. The highest BCUT2D eigenvalue weighted by atomic mass is 35.5. The van der Waals surface area contributed by atoms with Crippen LogP contribution >= 0.6 is 24.8 Å². The minimum atomic E-state index is 0. The molecular weight excluding hydrogens is 385 g/mol. The smallest absolute Gasteiger partial charge is 0.226 e. The van der Waals surface area contributed by atoms with E-state index in [-0.39, 0.29) is 24.8 Å². The lowest BCUT2D eigenvalue weighted by Crippen LogP contribution is -2.50. The predicted octanol–water partition coefficient (Wildman–Crippen LogP) is 2.44. The van der Waals surface area contributed by atoms with Crippen molar-refractivity contribution in [3.8, 4) is 5.75 Å². The molecule has 152 valence electrons. The third kappa shape index (κ3) is 5.29. The SMILES string of the molecule is Cl.Cl.O=C(C1CC12CCNCC2)N1CCN(CCOc2ccccc2)CC1. The quantitative estimate of drug-likeness (QED) is 0.801. The third-order valence-electron chi connectivity index (χ3n) is 6.19. The van der Waals surface area contributed by atoms with E-state index in [9.17, 15) is 4.79 Å². The maximum absolute atomic E-state index is 12.8. The van der Waals surface area contributed by atoms with E-state index in [1.165, 1.54) is 12.8 Å². The second kappa shape index (κ2) is 9.97. The number of benzene rings is 1. The maximum Gasteiger partial charge on any atom is 0.226 e. The molecule has 1 aromatic rings. The summed E-state index contributed by atoms with van der Waals surface area (Å²) in [5.74, 6) is 1.65. The minimum Gasteiger partial charge on any atom is -0.492 e. The predicted molar refractivity (Wildman–Crippen MR) is 112 cm³/mol. The van der Waals surface area contributed by atoms with Crippen molar-refractivity contribution in [2.45, 2.75) is 19.3 Å². The number of nitrogens with one attached hydrogen (secondary N) is 1. The van der Waals surface area contributed by atoms with Gasteiger partial charge in [-0.3, -0.25) is 9.69 Å². The molecule has 1 spiro atoms. The topological polar surface area (TPSA) is 44.8 Å². The number of piperazine rings is 1. The Balaban J connectivity index is 0.00000131. The van der Waals surface area contributed by atoms with Crippen LogP contribution in [0.3, 0.4) is 0 Å². The second-order valence-corrected chi connectivity index (χ2v) is 7.70. The van der Waals surface area contributed by atoms with Crippen molar-refractivity contribution >= 4 is 30.7 Å². The first-order valence-corrected chi connectivity index (χ1v) is 9.67. The van der Waals surface area contributed by atoms with Crippen molar-refractivity contribution in [2.75, 3.05) is 52.4 Å². The molecule has 1 aromatic carbocycles. The van der Waals surface area contributed by atoms with Crippen LogP contribution < -0.4 is 10.1 Å². The molecule has 2 aliphatic heterocycles. The highest BCUT2D eigenvalue weighted by Crippen LogP contribution is 2.59. The first-order chi connectivity index (χ1) is 12.3. The first-order valence-electron chi connectivity index (χ1n) is 9.67. The normalized spacial score (nSPS) is 23.9. The van der Waals surface area contributed by atoms with Crippen LogP contribution in [0.25, 0.3) is 0 Å². The van der Waals surface area contributed by atoms with E-state index in [1.54, 1.807) is 0 Å². The lowest BCUT2D eigenvalue weighted by Gasteiger charge is -2.35. The summed E-state index contributed by atoms with van der Waals surface area (Å²) in [7, 11) is 0. The summed E-state index contributed by atoms with van der Waals surface area (Å²) >= 11 is 0. The molecule has 3 aliphatic rings. The lowest BCUT2D eigenvalue weighted by atomic mass is 9.91. The summed E-state index contributed by atoms with van der Waals surface area (Å²) in [5.41, 5.74) is 0.350. The molecule has 2 saturated heterocycles. The highest BCUT2D eigenvalue weighted by molar-refractivity contribution is 5.85. The zero-order valence-electron chi connectivity index (χ0n) is 15.8. The van der Waals surface area contributed by atoms with Crippen LogP contribution in [0.1, 0.15) is 19.3 Å². The van der Waals surface area contributed by atoms with Gasteiger partial charge in [0.2, 0.25) is 5.91 Å². The molecule has 2 heterocycles. The van der Waals surface area contributed by atoms with Gasteiger partial charge in [0.25, 0.3) is 0 Å². The Labute approximate surface area is 174 Å². The number of carbonyl (C=O) groups excluding carboxylic acids is 1. The van der Waals surface area contributed by atoms with E-state index in [0.29, 0.717) is 23.8 Å². The second-order valence-electron chi connectivity index (χ2n) is 7.70. The molecule has 4 rings (SSSR count). The molecule has 1 unspecified atom stereocenters. The average molecular weight is 416 g/mol. The minimum absolute atomic E-state index is 0. The Hall–Kier alpha value is -1.01. The van der Waals surface area contributed by atoms with Crippen molar-refractivity contribution in [1.29, 1.82) is 0 Å². The molecule has 3 fully saturated rings. The lowest BCUT2D eigenvalue weighted by molar-refractivity contribution is -0.135. The van der Waals surface area contributed by atoms with E-state index in [0.717, 1.165) is 58.0 Å². The summed E-state index contributed by atoms with van der Waals surface area (Å²) in [4.78, 5) is 17.3. The molecule has 5 nitrogen and oxygen atoms in total. The van der Waals surface area contributed by atoms with Gasteiger partial charge < -0.3 is 15.0 Å². The van der Waals surface area contributed by atoms with E-state index in [4.69, 9.17) is 4.74 Å². The molecular formula is C20H31Cl2N3O2. The van der Waals surface area contributed by atoms with Crippen LogP contribution in [0.2, 0.25) is 0 Å². The number of nitrogens with zero attached hydrogens (tertiary/aromatic N) is 2. The molecule has 1 saturated carbocycles. The molecule has 1 amide bonds. The van der Waals surface area contributed by atoms with Gasteiger partial charge in [0.05, 0.1) is 0 Å². The molecule has 0 aromatic heterocycles. The van der Waals surface area contributed by atoms with Gasteiger partial charge in [0.1, 0.15) is 12.4 Å². The van der Waals surface area contributed by atoms with Crippen LogP contribution in [-0.2, 0) is 4.79 Å². The van der Waals surface area contributed by atoms with Crippen LogP contribution in [0.15, 0.2) is 30.3 Å². The standard InChI is InChI=1S/C20H29N3O2.2ClH/c24-19(18-16-20(18)6-8-21-9-7-20)23-12-10-22(11-13-23)14-15-25-17-4-2-1-3-5-17;;/h1-5,18,21H,6-16H2;2*1H. The third-order valence-corrected chi connectivity index (χ3v) is 6.19. The largest absolute Gasteiger partial charge is 0.492 e. The zero-order valence-corrected chi connectivity index (χ0v) is 17.4. The van der Waals surface area contributed by atoms with Crippen molar-refractivity contribution in [1.82, 2.24) is 15.1 Å². The van der Waals surface area contributed by atoms with Gasteiger partial charge in [-0.15, -0.1) is 24.8 Å². The fourth-order valence-corrected chi connectivity index (χ4v) is 4.40. The molecule has 0 radical (unpaired) electrons. The van der Waals surface area contributed by atoms with Gasteiger partial charge >= 0.3 is 0 Å². The van der Waals surface area contributed by atoms with Crippen LogP contribution in [0.4, 0.5) is 0 Å². The van der Waals surface area contributed by atoms with E-state index in [1.807, 2.05) is 30.3 Å². The number of piperidine rings is 1. The van der Waals surface area contributed by atoms with E-state index < -0.39 is 0 Å². The molecule has 27 heavy (non-hydrogen) atoms. The van der Waals surface area contributed by atoms with Crippen LogP contribution in [-0.4, -0.2) is 68.1 Å². The first kappa shape index (κ1) is 22.3. The van der Waals surface area contributed by atoms with Crippen molar-refractivity contribution in [3.63, 3.8) is 0 Å². The Morgan fingerprint density at radius 2 is 1.74 bits per heavy atom. The van der Waals surface area contributed by atoms with Crippen LogP contribution in [0.5, 0.6) is 5.75 Å². The fourth-order valence-electron chi connectivity index (χ4n) is 4.40. The summed E-state index contributed by atoms with van der Waals surface area (Å²) in [6, 6.07) is 9.96. The van der Waals surface area contributed by atoms with Crippen molar-refractivity contribution in [3.05, 3.63) is 30.3 Å². The summed E-state index contributed by atoms with van der Waals surface area (Å²) in [5, 5.41) is 3.41. The molecule has 1 aliphatic carbocycles. The number of para-hydroxylation sites is 1. The highest BCUT2D eigenvalue weighted by Gasteiger charge is 2.58. The number of carbonyl (C=O) groups is 1. The van der Waals surface area contributed by atoms with Gasteiger partial charge in [-0.25, -0.2) is 0 Å². The fraction of sp³-hybridized carbons (Fsp3) is 0.650. The van der Waals surface area contributed by atoms with Gasteiger partial charge in [0.15, 0.2) is 0 Å². The molecule has 1 atom stereocenters. The van der Waals surface area contributed by atoms with Gasteiger partial charge in [-0.2, -0.15) is 0 Å². The number of rotatable bonds is 5. The Kier molecular flexibility index (Phi) is 8.22. The number of amides is 1. The Bertz CT molecular complexity index is 588. The Morgan fingerprint density at radius 3 is 2.41 bits per heavy atom. The zero-order chi connectivity index (χ0) is 17.1. The molecule has 0 bridgehead atoms. The van der Waals surface area contributed by atoms with E-state index in [2.05, 4.69) is 15.1 Å². The maximum atomic E-state index is 12.8. The summed E-state index contributed by atoms with van der Waals surface area (Å²) in [6.45, 7) is 7.46. The number of hydrogen-bond donors (Lipinski definition) is 1. The van der Waals surface area contributed by atoms with Gasteiger partial charge in [0, 0.05) is 38.6 Å². The number of halogens is 2. The van der Waals surface area contributed by atoms with Crippen molar-refractivity contribution in [2.24, 2.45) is 11.3 Å². The van der Waals surface area contributed by atoms with E-state index >= 15 is 0 Å². The van der Waals surface area contributed by atoms with Gasteiger partial charge in [-0.05, 0) is 49.9 Å². The van der Waals surface area contributed by atoms with Crippen LogP contribution in [0, 0.1) is 11.3 Å². The number of hydrogen-bond acceptors (Lipinski definition) is 4. The number of ether oxygens (including phenoxy) is 1. The molecule has 7 heteroatoms. The summed E-state index contributed by atoms with van der Waals surface area (Å²) in [6.07, 6.45) is 3.49. The molecule has 1 N–H and O–H groups in total. The summed E-state index contributed by atoms with van der Waals surface area (Å²) < 4.78 is 5.78. The van der Waals surface area contributed by atoms with Gasteiger partial charge in [-0.1, -0.05) is 18.2 Å². The van der Waals surface area contributed by atoms with Crippen molar-refractivity contribution < 1.29 is 9.53 Å². The average Bonchev–Trinajstić information content (AvgIpc) is 3.36. The monoisotopic (exact) mass is 415 g/mol.